The van der Waals surface area contributed by atoms with Crippen LogP contribution in [0.2, 0.25) is 0 Å². The summed E-state index contributed by atoms with van der Waals surface area (Å²) in [7, 11) is -3.20. The predicted octanol–water partition coefficient (Wildman–Crippen LogP) is 2.31. The molecule has 0 spiro atoms. The van der Waals surface area contributed by atoms with E-state index < -0.39 is 9.84 Å². The van der Waals surface area contributed by atoms with Crippen LogP contribution in [0.25, 0.3) is 0 Å². The summed E-state index contributed by atoms with van der Waals surface area (Å²) in [5, 5.41) is -0.365. The Morgan fingerprint density at radius 3 is 2.32 bits per heavy atom. The molecule has 0 atom stereocenters. The summed E-state index contributed by atoms with van der Waals surface area (Å²) in [6.45, 7) is 2.15. The smallest absolute Gasteiger partial charge is 0.308 e. The fourth-order valence-electron chi connectivity index (χ4n) is 2.88. The molecule has 0 heterocycles. The zero-order chi connectivity index (χ0) is 16.2. The van der Waals surface area contributed by atoms with Crippen molar-refractivity contribution in [1.29, 1.82) is 0 Å². The first-order chi connectivity index (χ1) is 10.4. The van der Waals surface area contributed by atoms with Gasteiger partial charge in [0.2, 0.25) is 0 Å². The highest BCUT2D eigenvalue weighted by molar-refractivity contribution is 7.91. The maximum absolute atomic E-state index is 12.5. The molecule has 1 aliphatic carbocycles. The number of ether oxygens (including phenoxy) is 1. The number of carbonyl (C=O) groups is 1. The minimum atomic E-state index is -3.20. The van der Waals surface area contributed by atoms with Gasteiger partial charge in [-0.25, -0.2) is 8.42 Å². The third-order valence-corrected chi connectivity index (χ3v) is 6.37. The second-order valence-electron chi connectivity index (χ2n) is 5.77. The Hall–Kier alpha value is -1.56. The highest BCUT2D eigenvalue weighted by Crippen LogP contribution is 2.31. The molecule has 0 saturated heterocycles. The monoisotopic (exact) mass is 325 g/mol. The van der Waals surface area contributed by atoms with Gasteiger partial charge in [-0.1, -0.05) is 12.1 Å². The molecule has 1 saturated carbocycles. The number of carbonyl (C=O) groups excluding carboxylic acids is 1. The molecule has 1 aromatic carbocycles. The summed E-state index contributed by atoms with van der Waals surface area (Å²) in [5.74, 6) is -0.318. The van der Waals surface area contributed by atoms with Crippen LogP contribution in [0.3, 0.4) is 0 Å². The lowest BCUT2D eigenvalue weighted by Gasteiger charge is -2.27. The largest absolute Gasteiger partial charge is 0.466 e. The van der Waals surface area contributed by atoms with E-state index in [1.165, 1.54) is 0 Å². The summed E-state index contributed by atoms with van der Waals surface area (Å²) < 4.78 is 30.0. The van der Waals surface area contributed by atoms with Gasteiger partial charge in [0.25, 0.3) is 0 Å². The SMILES string of the molecule is CCOC(=O)C1CCC(S(=O)(=O)Cc2ccc(N)cc2)CC1. The molecule has 6 heteroatoms. The minimum Gasteiger partial charge on any atom is -0.466 e. The van der Waals surface area contributed by atoms with Crippen LogP contribution in [-0.4, -0.2) is 26.2 Å². The fraction of sp³-hybridized carbons (Fsp3) is 0.562. The number of benzene rings is 1. The van der Waals surface area contributed by atoms with Crippen molar-refractivity contribution in [2.24, 2.45) is 5.92 Å². The van der Waals surface area contributed by atoms with E-state index in [4.69, 9.17) is 10.5 Å². The number of anilines is 1. The molecule has 22 heavy (non-hydrogen) atoms. The standard InChI is InChI=1S/C16H23NO4S/c1-2-21-16(18)13-5-9-15(10-6-13)22(19,20)11-12-3-7-14(17)8-4-12/h3-4,7-8,13,15H,2,5-6,9-11,17H2,1H3. The number of nitrogens with two attached hydrogens (primary N) is 1. The molecule has 1 aromatic rings. The Labute approximate surface area is 131 Å². The lowest BCUT2D eigenvalue weighted by Crippen LogP contribution is -2.31. The van der Waals surface area contributed by atoms with Crippen LogP contribution in [0.1, 0.15) is 38.2 Å². The maximum atomic E-state index is 12.5. The fourth-order valence-corrected chi connectivity index (χ4v) is 4.76. The minimum absolute atomic E-state index is 0.0298. The number of esters is 1. The van der Waals surface area contributed by atoms with Crippen molar-refractivity contribution < 1.29 is 17.9 Å². The number of rotatable bonds is 5. The van der Waals surface area contributed by atoms with Gasteiger partial charge in [-0.05, 0) is 50.3 Å². The summed E-state index contributed by atoms with van der Waals surface area (Å²) in [5.41, 5.74) is 6.98. The van der Waals surface area contributed by atoms with Crippen LogP contribution >= 0.6 is 0 Å². The van der Waals surface area contributed by atoms with Gasteiger partial charge < -0.3 is 10.5 Å². The van der Waals surface area contributed by atoms with E-state index in [1.54, 1.807) is 31.2 Å². The van der Waals surface area contributed by atoms with Gasteiger partial charge in [-0.2, -0.15) is 0 Å². The third-order valence-electron chi connectivity index (χ3n) is 4.15. The van der Waals surface area contributed by atoms with E-state index in [-0.39, 0.29) is 22.9 Å². The van der Waals surface area contributed by atoms with Gasteiger partial charge >= 0.3 is 5.97 Å². The molecular weight excluding hydrogens is 302 g/mol. The normalized spacial score (nSPS) is 22.2. The van der Waals surface area contributed by atoms with Crippen molar-refractivity contribution in [3.05, 3.63) is 29.8 Å². The third kappa shape index (κ3) is 4.22. The Balaban J connectivity index is 1.94. The Morgan fingerprint density at radius 1 is 1.18 bits per heavy atom. The number of sulfone groups is 1. The number of nitrogen functional groups attached to an aromatic ring is 1. The quantitative estimate of drug-likeness (QED) is 0.663. The first-order valence-corrected chi connectivity index (χ1v) is 9.36. The zero-order valence-electron chi connectivity index (χ0n) is 12.8. The summed E-state index contributed by atoms with van der Waals surface area (Å²) in [6, 6.07) is 6.92. The highest BCUT2D eigenvalue weighted by atomic mass is 32.2. The van der Waals surface area contributed by atoms with Gasteiger partial charge in [0, 0.05) is 5.69 Å². The molecule has 0 radical (unpaired) electrons. The number of hydrogen-bond acceptors (Lipinski definition) is 5. The number of hydrogen-bond donors (Lipinski definition) is 1. The topological polar surface area (TPSA) is 86.5 Å². The van der Waals surface area contributed by atoms with Crippen LogP contribution in [0.4, 0.5) is 5.69 Å². The molecule has 0 amide bonds. The molecule has 0 aliphatic heterocycles. The lowest BCUT2D eigenvalue weighted by molar-refractivity contribution is -0.149. The molecule has 1 fully saturated rings. The van der Waals surface area contributed by atoms with E-state index in [1.807, 2.05) is 0 Å². The average molecular weight is 325 g/mol. The van der Waals surface area contributed by atoms with Crippen molar-refractivity contribution in [2.75, 3.05) is 12.3 Å². The van der Waals surface area contributed by atoms with Crippen LogP contribution in [0.15, 0.2) is 24.3 Å². The highest BCUT2D eigenvalue weighted by Gasteiger charge is 2.33. The molecule has 0 bridgehead atoms. The van der Waals surface area contributed by atoms with E-state index in [0.29, 0.717) is 38.0 Å². The Bertz CT molecular complexity index is 602. The first-order valence-electron chi connectivity index (χ1n) is 7.65. The van der Waals surface area contributed by atoms with Crippen molar-refractivity contribution in [3.8, 4) is 0 Å². The molecular formula is C16H23NO4S. The molecule has 0 unspecified atom stereocenters. The zero-order valence-corrected chi connectivity index (χ0v) is 13.6. The summed E-state index contributed by atoms with van der Waals surface area (Å²) in [4.78, 5) is 11.7. The van der Waals surface area contributed by atoms with Crippen molar-refractivity contribution in [1.82, 2.24) is 0 Å². The molecule has 5 nitrogen and oxygen atoms in total. The van der Waals surface area contributed by atoms with Gasteiger partial charge in [0.05, 0.1) is 23.5 Å². The van der Waals surface area contributed by atoms with Gasteiger partial charge in [0.1, 0.15) is 0 Å². The molecule has 2 rings (SSSR count). The van der Waals surface area contributed by atoms with E-state index in [2.05, 4.69) is 0 Å². The van der Waals surface area contributed by atoms with E-state index in [0.717, 1.165) is 5.56 Å². The van der Waals surface area contributed by atoms with Crippen LogP contribution in [0.5, 0.6) is 0 Å². The predicted molar refractivity (Wildman–Crippen MR) is 85.9 cm³/mol. The summed E-state index contributed by atoms with van der Waals surface area (Å²) in [6.07, 6.45) is 2.23. The summed E-state index contributed by atoms with van der Waals surface area (Å²) >= 11 is 0. The van der Waals surface area contributed by atoms with Gasteiger partial charge in [-0.3, -0.25) is 4.79 Å². The Kier molecular flexibility index (Phi) is 5.45. The second kappa shape index (κ2) is 7.13. The molecule has 2 N–H and O–H groups in total. The van der Waals surface area contributed by atoms with Gasteiger partial charge in [-0.15, -0.1) is 0 Å². The van der Waals surface area contributed by atoms with Crippen molar-refractivity contribution >= 4 is 21.5 Å². The van der Waals surface area contributed by atoms with E-state index in [9.17, 15) is 13.2 Å². The lowest BCUT2D eigenvalue weighted by atomic mass is 9.89. The molecule has 0 aromatic heterocycles. The van der Waals surface area contributed by atoms with Crippen LogP contribution in [0, 0.1) is 5.92 Å². The Morgan fingerprint density at radius 2 is 1.77 bits per heavy atom. The molecule has 122 valence electrons. The van der Waals surface area contributed by atoms with Crippen molar-refractivity contribution in [3.63, 3.8) is 0 Å². The van der Waals surface area contributed by atoms with Crippen LogP contribution < -0.4 is 5.73 Å². The van der Waals surface area contributed by atoms with Gasteiger partial charge in [0.15, 0.2) is 9.84 Å². The molecule has 1 aliphatic rings. The average Bonchev–Trinajstić information content (AvgIpc) is 2.50. The van der Waals surface area contributed by atoms with Crippen molar-refractivity contribution in [2.45, 2.75) is 43.6 Å². The first kappa shape index (κ1) is 16.8. The maximum Gasteiger partial charge on any atom is 0.308 e. The second-order valence-corrected chi connectivity index (χ2v) is 8.06. The van der Waals surface area contributed by atoms with E-state index >= 15 is 0 Å². The van der Waals surface area contributed by atoms with Crippen LogP contribution in [-0.2, 0) is 25.1 Å².